The van der Waals surface area contributed by atoms with Gasteiger partial charge in [0.1, 0.15) is 0 Å². The highest BCUT2D eigenvalue weighted by Gasteiger charge is 2.22. The number of nitrogens with one attached hydrogen (secondary N) is 1. The molecule has 72 valence electrons. The number of pyridine rings is 1. The van der Waals surface area contributed by atoms with Gasteiger partial charge in [0.05, 0.1) is 0 Å². The molecule has 14 heavy (non-hydrogen) atoms. The van der Waals surface area contributed by atoms with Crippen LogP contribution in [0.2, 0.25) is 0 Å². The van der Waals surface area contributed by atoms with Gasteiger partial charge in [0.25, 0.3) is 0 Å². The van der Waals surface area contributed by atoms with Crippen molar-refractivity contribution in [3.05, 3.63) is 34.4 Å². The summed E-state index contributed by atoms with van der Waals surface area (Å²) in [6.45, 7) is 0. The number of hydrogen-bond acceptors (Lipinski definition) is 2. The standard InChI is InChI=1S/C10H11N3O/c14-10-12-11-9-8(7-3-1-4-7)5-2-6-13(9)10/h2,5-7H,1,3-4H2,(H,12,14). The third-order valence-electron chi connectivity index (χ3n) is 3.02. The molecule has 2 aromatic rings. The SMILES string of the molecule is O=c1[nH]nc2c(C3CCC3)cccn12. The molecular formula is C10H11N3O. The first-order chi connectivity index (χ1) is 6.86. The topological polar surface area (TPSA) is 50.2 Å². The van der Waals surface area contributed by atoms with Crippen molar-refractivity contribution in [2.45, 2.75) is 25.2 Å². The van der Waals surface area contributed by atoms with Crippen LogP contribution in [0.1, 0.15) is 30.7 Å². The van der Waals surface area contributed by atoms with Crippen molar-refractivity contribution in [2.24, 2.45) is 0 Å². The van der Waals surface area contributed by atoms with Gasteiger partial charge < -0.3 is 0 Å². The Morgan fingerprint density at radius 1 is 1.50 bits per heavy atom. The molecule has 1 fully saturated rings. The number of aromatic amines is 1. The Morgan fingerprint density at radius 3 is 3.07 bits per heavy atom. The summed E-state index contributed by atoms with van der Waals surface area (Å²) in [5.41, 5.74) is 1.85. The zero-order valence-electron chi connectivity index (χ0n) is 7.73. The molecule has 0 amide bonds. The second kappa shape index (κ2) is 2.70. The molecule has 0 saturated heterocycles. The molecule has 4 heteroatoms. The van der Waals surface area contributed by atoms with Crippen molar-refractivity contribution in [3.63, 3.8) is 0 Å². The van der Waals surface area contributed by atoms with Gasteiger partial charge in [-0.25, -0.2) is 9.89 Å². The Hall–Kier alpha value is -1.58. The average Bonchev–Trinajstić information content (AvgIpc) is 2.47. The number of aromatic nitrogens is 3. The highest BCUT2D eigenvalue weighted by Crippen LogP contribution is 2.37. The van der Waals surface area contributed by atoms with Gasteiger partial charge in [-0.1, -0.05) is 12.5 Å². The van der Waals surface area contributed by atoms with Crippen LogP contribution in [0.25, 0.3) is 5.65 Å². The zero-order valence-corrected chi connectivity index (χ0v) is 7.73. The van der Waals surface area contributed by atoms with Gasteiger partial charge in [-0.2, -0.15) is 5.10 Å². The Labute approximate surface area is 80.6 Å². The predicted molar refractivity (Wildman–Crippen MR) is 52.4 cm³/mol. The van der Waals surface area contributed by atoms with E-state index in [2.05, 4.69) is 16.3 Å². The van der Waals surface area contributed by atoms with E-state index in [0.29, 0.717) is 5.92 Å². The van der Waals surface area contributed by atoms with Gasteiger partial charge in [0.2, 0.25) is 0 Å². The molecule has 1 aliphatic carbocycles. The quantitative estimate of drug-likeness (QED) is 0.734. The van der Waals surface area contributed by atoms with Gasteiger partial charge in [0, 0.05) is 11.8 Å². The van der Waals surface area contributed by atoms with Crippen molar-refractivity contribution in [3.8, 4) is 0 Å². The smallest absolute Gasteiger partial charge is 0.250 e. The fourth-order valence-electron chi connectivity index (χ4n) is 1.99. The largest absolute Gasteiger partial charge is 0.347 e. The molecule has 0 atom stereocenters. The van der Waals surface area contributed by atoms with Crippen LogP contribution in [-0.4, -0.2) is 14.6 Å². The first kappa shape index (κ1) is 7.79. The molecule has 2 aromatic heterocycles. The predicted octanol–water partition coefficient (Wildman–Crippen LogP) is 1.29. The van der Waals surface area contributed by atoms with E-state index in [1.165, 1.54) is 24.8 Å². The van der Waals surface area contributed by atoms with Crippen LogP contribution >= 0.6 is 0 Å². The third-order valence-corrected chi connectivity index (χ3v) is 3.02. The summed E-state index contributed by atoms with van der Waals surface area (Å²) in [7, 11) is 0. The van der Waals surface area contributed by atoms with Crippen LogP contribution in [-0.2, 0) is 0 Å². The van der Waals surface area contributed by atoms with Crippen LogP contribution < -0.4 is 5.69 Å². The highest BCUT2D eigenvalue weighted by molar-refractivity contribution is 5.49. The molecule has 0 aromatic carbocycles. The van der Waals surface area contributed by atoms with Crippen molar-refractivity contribution in [2.75, 3.05) is 0 Å². The molecule has 0 radical (unpaired) electrons. The number of fused-ring (bicyclic) bond motifs is 1. The summed E-state index contributed by atoms with van der Waals surface area (Å²) in [5, 5.41) is 6.52. The minimum atomic E-state index is -0.152. The number of rotatable bonds is 1. The maximum Gasteiger partial charge on any atom is 0.347 e. The van der Waals surface area contributed by atoms with E-state index >= 15 is 0 Å². The van der Waals surface area contributed by atoms with Gasteiger partial charge in [0.15, 0.2) is 5.65 Å². The molecular weight excluding hydrogens is 178 g/mol. The fraction of sp³-hybridized carbons (Fsp3) is 0.400. The van der Waals surface area contributed by atoms with Crippen LogP contribution in [0.4, 0.5) is 0 Å². The van der Waals surface area contributed by atoms with Gasteiger partial charge in [-0.3, -0.25) is 4.40 Å². The Kier molecular flexibility index (Phi) is 1.50. The molecule has 1 aliphatic rings. The monoisotopic (exact) mass is 189 g/mol. The van der Waals surface area contributed by atoms with Crippen molar-refractivity contribution < 1.29 is 0 Å². The molecule has 0 spiro atoms. The lowest BCUT2D eigenvalue weighted by Crippen LogP contribution is -2.13. The normalized spacial score (nSPS) is 17.1. The van der Waals surface area contributed by atoms with E-state index in [1.807, 2.05) is 6.07 Å². The van der Waals surface area contributed by atoms with Crippen molar-refractivity contribution >= 4 is 5.65 Å². The fourth-order valence-corrected chi connectivity index (χ4v) is 1.99. The molecule has 0 unspecified atom stereocenters. The molecule has 4 nitrogen and oxygen atoms in total. The minimum absolute atomic E-state index is 0.152. The molecule has 1 saturated carbocycles. The first-order valence-corrected chi connectivity index (χ1v) is 4.92. The van der Waals surface area contributed by atoms with Crippen LogP contribution in [0.5, 0.6) is 0 Å². The third kappa shape index (κ3) is 0.937. The lowest BCUT2D eigenvalue weighted by molar-refractivity contribution is 0.421. The number of nitrogens with zero attached hydrogens (tertiary/aromatic N) is 2. The minimum Gasteiger partial charge on any atom is -0.250 e. The van der Waals surface area contributed by atoms with Crippen LogP contribution in [0.15, 0.2) is 23.1 Å². The lowest BCUT2D eigenvalue weighted by atomic mass is 9.80. The molecule has 0 aliphatic heterocycles. The average molecular weight is 189 g/mol. The van der Waals surface area contributed by atoms with E-state index in [9.17, 15) is 4.79 Å². The first-order valence-electron chi connectivity index (χ1n) is 4.92. The second-order valence-corrected chi connectivity index (χ2v) is 3.81. The van der Waals surface area contributed by atoms with Gasteiger partial charge in [-0.15, -0.1) is 0 Å². The Morgan fingerprint density at radius 2 is 2.36 bits per heavy atom. The van der Waals surface area contributed by atoms with E-state index in [0.717, 1.165) is 5.65 Å². The van der Waals surface area contributed by atoms with Crippen LogP contribution in [0.3, 0.4) is 0 Å². The summed E-state index contributed by atoms with van der Waals surface area (Å²) in [6.07, 6.45) is 5.49. The Bertz CT molecular complexity index is 521. The van der Waals surface area contributed by atoms with Gasteiger partial charge >= 0.3 is 5.69 Å². The van der Waals surface area contributed by atoms with E-state index in [4.69, 9.17) is 0 Å². The van der Waals surface area contributed by atoms with Gasteiger partial charge in [-0.05, 0) is 24.8 Å². The van der Waals surface area contributed by atoms with E-state index in [-0.39, 0.29) is 5.69 Å². The summed E-state index contributed by atoms with van der Waals surface area (Å²) in [6, 6.07) is 3.98. The maximum atomic E-state index is 11.3. The molecule has 0 bridgehead atoms. The molecule has 3 rings (SSSR count). The molecule has 1 N–H and O–H groups in total. The highest BCUT2D eigenvalue weighted by atomic mass is 16.1. The summed E-state index contributed by atoms with van der Waals surface area (Å²) < 4.78 is 1.58. The van der Waals surface area contributed by atoms with E-state index < -0.39 is 0 Å². The van der Waals surface area contributed by atoms with Crippen molar-refractivity contribution in [1.82, 2.24) is 14.6 Å². The second-order valence-electron chi connectivity index (χ2n) is 3.81. The Balaban J connectivity index is 2.27. The summed E-state index contributed by atoms with van der Waals surface area (Å²) in [4.78, 5) is 11.3. The van der Waals surface area contributed by atoms with Crippen molar-refractivity contribution in [1.29, 1.82) is 0 Å². The summed E-state index contributed by atoms with van der Waals surface area (Å²) >= 11 is 0. The van der Waals surface area contributed by atoms with E-state index in [1.54, 1.807) is 10.6 Å². The number of hydrogen-bond donors (Lipinski definition) is 1. The number of H-pyrrole nitrogens is 1. The van der Waals surface area contributed by atoms with Crippen LogP contribution in [0, 0.1) is 0 Å². The lowest BCUT2D eigenvalue weighted by Gasteiger charge is -2.25. The molecule has 2 heterocycles. The zero-order chi connectivity index (χ0) is 9.54. The maximum absolute atomic E-state index is 11.3. The summed E-state index contributed by atoms with van der Waals surface area (Å²) in [5.74, 6) is 0.605.